The molecule has 4 rings (SSSR count). The molecule has 0 spiro atoms. The molecular formula is C17H13ClN6O2S. The van der Waals surface area contributed by atoms with E-state index in [2.05, 4.69) is 24.8 Å². The van der Waals surface area contributed by atoms with Crippen LogP contribution < -0.4 is 15.8 Å². The van der Waals surface area contributed by atoms with Crippen molar-refractivity contribution in [2.45, 2.75) is 11.8 Å². The highest BCUT2D eigenvalue weighted by atomic mass is 35.5. The summed E-state index contributed by atoms with van der Waals surface area (Å²) in [4.78, 5) is 32.9. The number of aromatic amines is 2. The van der Waals surface area contributed by atoms with Crippen molar-refractivity contribution in [1.82, 2.24) is 24.7 Å². The van der Waals surface area contributed by atoms with E-state index in [4.69, 9.17) is 11.6 Å². The van der Waals surface area contributed by atoms with Crippen LogP contribution in [0, 0.1) is 6.92 Å². The van der Waals surface area contributed by atoms with Crippen LogP contribution in [-0.2, 0) is 0 Å². The van der Waals surface area contributed by atoms with E-state index in [-0.39, 0.29) is 0 Å². The van der Waals surface area contributed by atoms with Crippen LogP contribution in [0.3, 0.4) is 0 Å². The van der Waals surface area contributed by atoms with Crippen molar-refractivity contribution < 1.29 is 0 Å². The maximum absolute atomic E-state index is 11.5. The van der Waals surface area contributed by atoms with Gasteiger partial charge in [-0.2, -0.15) is 5.10 Å². The standard InChI is InChI=1S/C17H13ClN6O2S/c1-9-4-12-13(22-17(26)16(25)21-12)6-15(9)27-23-10-2-3-14(11(18)5-10)24-8-19-7-20-24/h2-8,23H,1H3,(H,21,25)(H,22,26). The summed E-state index contributed by atoms with van der Waals surface area (Å²) in [7, 11) is 0. The van der Waals surface area contributed by atoms with Crippen molar-refractivity contribution in [3.8, 4) is 5.69 Å². The molecule has 0 atom stereocenters. The summed E-state index contributed by atoms with van der Waals surface area (Å²) in [6.07, 6.45) is 3.02. The van der Waals surface area contributed by atoms with Gasteiger partial charge in [-0.3, -0.25) is 9.59 Å². The molecule has 0 aliphatic heterocycles. The Morgan fingerprint density at radius 3 is 2.52 bits per heavy atom. The van der Waals surface area contributed by atoms with E-state index in [1.807, 2.05) is 31.2 Å². The van der Waals surface area contributed by atoms with Crippen molar-refractivity contribution in [3.63, 3.8) is 0 Å². The topological polar surface area (TPSA) is 108 Å². The Labute approximate surface area is 161 Å². The van der Waals surface area contributed by atoms with Crippen molar-refractivity contribution >= 4 is 40.3 Å². The Bertz CT molecular complexity index is 1250. The Morgan fingerprint density at radius 2 is 1.85 bits per heavy atom. The number of aromatic nitrogens is 5. The number of nitrogens with one attached hydrogen (secondary N) is 3. The molecule has 136 valence electrons. The minimum atomic E-state index is -0.675. The monoisotopic (exact) mass is 400 g/mol. The van der Waals surface area contributed by atoms with Crippen molar-refractivity contribution in [2.24, 2.45) is 0 Å². The second kappa shape index (κ2) is 6.93. The maximum Gasteiger partial charge on any atom is 0.314 e. The normalized spacial score (nSPS) is 11.0. The fourth-order valence-electron chi connectivity index (χ4n) is 2.57. The number of hydrogen-bond donors (Lipinski definition) is 3. The quantitative estimate of drug-likeness (QED) is 0.359. The zero-order valence-corrected chi connectivity index (χ0v) is 15.6. The average molecular weight is 401 g/mol. The molecular weight excluding hydrogens is 388 g/mol. The van der Waals surface area contributed by atoms with Crippen LogP contribution in [0.1, 0.15) is 5.56 Å². The molecule has 0 saturated carbocycles. The molecule has 8 nitrogen and oxygen atoms in total. The highest BCUT2D eigenvalue weighted by Crippen LogP contribution is 2.29. The summed E-state index contributed by atoms with van der Waals surface area (Å²) < 4.78 is 4.82. The summed E-state index contributed by atoms with van der Waals surface area (Å²) in [5.41, 5.74) is 2.30. The number of nitrogens with zero attached hydrogens (tertiary/aromatic N) is 3. The minimum Gasteiger partial charge on any atom is -0.326 e. The van der Waals surface area contributed by atoms with Gasteiger partial charge in [0, 0.05) is 10.6 Å². The number of hydrogen-bond acceptors (Lipinski definition) is 6. The number of fused-ring (bicyclic) bond motifs is 1. The minimum absolute atomic E-state index is 0.531. The number of aryl methyl sites for hydroxylation is 1. The molecule has 0 fully saturated rings. The summed E-state index contributed by atoms with van der Waals surface area (Å²) >= 11 is 7.71. The van der Waals surface area contributed by atoms with Gasteiger partial charge in [0.15, 0.2) is 0 Å². The van der Waals surface area contributed by atoms with Gasteiger partial charge in [-0.15, -0.1) is 0 Å². The zero-order chi connectivity index (χ0) is 19.0. The highest BCUT2D eigenvalue weighted by Gasteiger charge is 2.08. The van der Waals surface area contributed by atoms with E-state index in [1.54, 1.807) is 17.1 Å². The van der Waals surface area contributed by atoms with Crippen LogP contribution in [0.25, 0.3) is 16.7 Å². The van der Waals surface area contributed by atoms with E-state index < -0.39 is 11.1 Å². The van der Waals surface area contributed by atoms with Gasteiger partial charge < -0.3 is 14.7 Å². The lowest BCUT2D eigenvalue weighted by Crippen LogP contribution is -2.28. The molecule has 10 heteroatoms. The van der Waals surface area contributed by atoms with Gasteiger partial charge in [-0.05, 0) is 54.8 Å². The van der Waals surface area contributed by atoms with Crippen LogP contribution in [-0.4, -0.2) is 24.7 Å². The van der Waals surface area contributed by atoms with Crippen LogP contribution in [0.2, 0.25) is 5.02 Å². The molecule has 4 aromatic rings. The van der Waals surface area contributed by atoms with Gasteiger partial charge in [-0.1, -0.05) is 11.6 Å². The molecule has 0 saturated heterocycles. The van der Waals surface area contributed by atoms with Crippen molar-refractivity contribution in [3.05, 3.63) is 74.3 Å². The smallest absolute Gasteiger partial charge is 0.314 e. The average Bonchev–Trinajstić information content (AvgIpc) is 3.16. The third kappa shape index (κ3) is 3.46. The molecule has 0 aliphatic rings. The fraction of sp³-hybridized carbons (Fsp3) is 0.0588. The zero-order valence-electron chi connectivity index (χ0n) is 14.0. The predicted molar refractivity (Wildman–Crippen MR) is 106 cm³/mol. The Hall–Kier alpha value is -3.04. The number of benzene rings is 2. The fourth-order valence-corrected chi connectivity index (χ4v) is 3.58. The summed E-state index contributed by atoms with van der Waals surface area (Å²) in [5.74, 6) is 0. The number of rotatable bonds is 4. The van der Waals surface area contributed by atoms with E-state index >= 15 is 0 Å². The van der Waals surface area contributed by atoms with Gasteiger partial charge in [0.2, 0.25) is 0 Å². The molecule has 0 aliphatic carbocycles. The lowest BCUT2D eigenvalue weighted by molar-refractivity contribution is 0.879. The molecule has 3 N–H and O–H groups in total. The molecule has 0 bridgehead atoms. The van der Waals surface area contributed by atoms with Gasteiger partial charge in [0.05, 0.1) is 21.7 Å². The van der Waals surface area contributed by atoms with E-state index in [0.717, 1.165) is 21.8 Å². The molecule has 2 heterocycles. The van der Waals surface area contributed by atoms with Gasteiger partial charge in [0.25, 0.3) is 0 Å². The first-order chi connectivity index (χ1) is 13.0. The SMILES string of the molecule is Cc1cc2[nH]c(=O)c(=O)[nH]c2cc1SNc1ccc(-n2cncn2)c(Cl)c1. The summed E-state index contributed by atoms with van der Waals surface area (Å²) in [6, 6.07) is 9.14. The van der Waals surface area contributed by atoms with Crippen molar-refractivity contribution in [1.29, 1.82) is 0 Å². The van der Waals surface area contributed by atoms with E-state index in [0.29, 0.717) is 16.1 Å². The maximum atomic E-state index is 11.5. The third-order valence-corrected chi connectivity index (χ3v) is 5.21. The lowest BCUT2D eigenvalue weighted by Gasteiger charge is -2.11. The van der Waals surface area contributed by atoms with E-state index in [9.17, 15) is 9.59 Å². The molecule has 27 heavy (non-hydrogen) atoms. The highest BCUT2D eigenvalue weighted by molar-refractivity contribution is 8.00. The lowest BCUT2D eigenvalue weighted by atomic mass is 10.2. The van der Waals surface area contributed by atoms with Crippen LogP contribution in [0.15, 0.2) is 57.5 Å². The first-order valence-electron chi connectivity index (χ1n) is 7.85. The molecule has 0 radical (unpaired) electrons. The number of H-pyrrole nitrogens is 2. The number of halogens is 1. The third-order valence-electron chi connectivity index (χ3n) is 3.91. The molecule has 0 unspecified atom stereocenters. The Balaban J connectivity index is 1.59. The van der Waals surface area contributed by atoms with E-state index in [1.165, 1.54) is 18.3 Å². The Morgan fingerprint density at radius 1 is 1.11 bits per heavy atom. The summed E-state index contributed by atoms with van der Waals surface area (Å²) in [5, 5.41) is 4.60. The van der Waals surface area contributed by atoms with Gasteiger partial charge in [0.1, 0.15) is 12.7 Å². The Kier molecular flexibility index (Phi) is 4.46. The molecule has 2 aromatic heterocycles. The second-order valence-corrected chi connectivity index (χ2v) is 7.04. The van der Waals surface area contributed by atoms with Gasteiger partial charge >= 0.3 is 11.1 Å². The summed E-state index contributed by atoms with van der Waals surface area (Å²) in [6.45, 7) is 1.92. The molecule has 0 amide bonds. The van der Waals surface area contributed by atoms with Gasteiger partial charge in [-0.25, -0.2) is 9.67 Å². The van der Waals surface area contributed by atoms with Crippen LogP contribution in [0.5, 0.6) is 0 Å². The predicted octanol–water partition coefficient (Wildman–Crippen LogP) is 2.88. The first-order valence-corrected chi connectivity index (χ1v) is 9.05. The second-order valence-electron chi connectivity index (χ2n) is 5.78. The van der Waals surface area contributed by atoms with Crippen LogP contribution >= 0.6 is 23.5 Å². The first kappa shape index (κ1) is 17.4. The molecule has 2 aromatic carbocycles. The van der Waals surface area contributed by atoms with Crippen molar-refractivity contribution in [2.75, 3.05) is 4.72 Å². The number of anilines is 1. The van der Waals surface area contributed by atoms with Crippen LogP contribution in [0.4, 0.5) is 5.69 Å². The largest absolute Gasteiger partial charge is 0.326 e.